The number of hydrogen-bond acceptors (Lipinski definition) is 4. The summed E-state index contributed by atoms with van der Waals surface area (Å²) in [5.41, 5.74) is 11.2. The average molecular weight is 287 g/mol. The molecule has 1 aliphatic rings. The maximum absolute atomic E-state index is 6.20. The van der Waals surface area contributed by atoms with Crippen molar-refractivity contribution < 1.29 is 0 Å². The van der Waals surface area contributed by atoms with Crippen LogP contribution in [-0.2, 0) is 6.42 Å². The lowest BCUT2D eigenvalue weighted by atomic mass is 9.99. The van der Waals surface area contributed by atoms with Gasteiger partial charge in [0.25, 0.3) is 0 Å². The Hall–Kier alpha value is -1.39. The fraction of sp³-hybridized carbons (Fsp3) is 0.438. The molecule has 106 valence electrons. The molecule has 1 aromatic heterocycles. The second-order valence-corrected chi connectivity index (χ2v) is 6.66. The van der Waals surface area contributed by atoms with E-state index in [0.29, 0.717) is 0 Å². The van der Waals surface area contributed by atoms with Gasteiger partial charge in [-0.05, 0) is 44.7 Å². The van der Waals surface area contributed by atoms with E-state index in [1.54, 1.807) is 11.3 Å². The van der Waals surface area contributed by atoms with Gasteiger partial charge in [-0.15, -0.1) is 0 Å². The zero-order valence-electron chi connectivity index (χ0n) is 12.3. The molecular weight excluding hydrogens is 266 g/mol. The van der Waals surface area contributed by atoms with E-state index in [1.807, 2.05) is 0 Å². The third-order valence-corrected chi connectivity index (χ3v) is 5.29. The SMILES string of the molecule is Cc1ccc(N(C)c2nc3c(s2)C(N)CCC3)c(C)c1. The number of hydrogen-bond donors (Lipinski definition) is 1. The van der Waals surface area contributed by atoms with Crippen LogP contribution in [0.15, 0.2) is 18.2 Å². The van der Waals surface area contributed by atoms with Crippen molar-refractivity contribution in [2.45, 2.75) is 39.2 Å². The summed E-state index contributed by atoms with van der Waals surface area (Å²) in [4.78, 5) is 8.27. The van der Waals surface area contributed by atoms with Gasteiger partial charge in [-0.2, -0.15) is 0 Å². The standard InChI is InChI=1S/C16H21N3S/c1-10-7-8-14(11(2)9-10)19(3)16-18-13-6-4-5-12(17)15(13)20-16/h7-9,12H,4-6,17H2,1-3H3. The van der Waals surface area contributed by atoms with Crippen LogP contribution in [0.1, 0.15) is 40.6 Å². The van der Waals surface area contributed by atoms with Crippen LogP contribution in [0, 0.1) is 13.8 Å². The first-order chi connectivity index (χ1) is 9.56. The molecule has 1 aromatic carbocycles. The largest absolute Gasteiger partial charge is 0.323 e. The molecule has 20 heavy (non-hydrogen) atoms. The minimum atomic E-state index is 0.178. The number of thiazole rings is 1. The fourth-order valence-electron chi connectivity index (χ4n) is 2.87. The number of aryl methyl sites for hydroxylation is 3. The topological polar surface area (TPSA) is 42.2 Å². The molecule has 0 spiro atoms. The lowest BCUT2D eigenvalue weighted by Gasteiger charge is -2.18. The number of anilines is 2. The highest BCUT2D eigenvalue weighted by atomic mass is 32.1. The molecule has 0 saturated carbocycles. The Morgan fingerprint density at radius 2 is 2.15 bits per heavy atom. The van der Waals surface area contributed by atoms with Crippen molar-refractivity contribution in [2.24, 2.45) is 5.73 Å². The van der Waals surface area contributed by atoms with E-state index in [4.69, 9.17) is 10.7 Å². The number of nitrogens with zero attached hydrogens (tertiary/aromatic N) is 2. The summed E-state index contributed by atoms with van der Waals surface area (Å²) in [6.45, 7) is 4.27. The Morgan fingerprint density at radius 1 is 1.35 bits per heavy atom. The molecular formula is C16H21N3S. The van der Waals surface area contributed by atoms with Gasteiger partial charge in [0.1, 0.15) is 0 Å². The summed E-state index contributed by atoms with van der Waals surface area (Å²) >= 11 is 1.75. The second kappa shape index (κ2) is 5.19. The van der Waals surface area contributed by atoms with E-state index in [-0.39, 0.29) is 6.04 Å². The highest BCUT2D eigenvalue weighted by molar-refractivity contribution is 7.15. The van der Waals surface area contributed by atoms with Crippen molar-refractivity contribution in [3.05, 3.63) is 39.9 Å². The zero-order chi connectivity index (χ0) is 14.3. The number of benzene rings is 1. The predicted molar refractivity (Wildman–Crippen MR) is 86.0 cm³/mol. The van der Waals surface area contributed by atoms with Crippen LogP contribution in [0.25, 0.3) is 0 Å². The monoisotopic (exact) mass is 287 g/mol. The molecule has 0 amide bonds. The Balaban J connectivity index is 1.96. The summed E-state index contributed by atoms with van der Waals surface area (Å²) in [5, 5.41) is 1.05. The Labute approximate surface area is 124 Å². The summed E-state index contributed by atoms with van der Waals surface area (Å²) in [6.07, 6.45) is 3.31. The van der Waals surface area contributed by atoms with E-state index in [0.717, 1.165) is 24.4 Å². The van der Waals surface area contributed by atoms with Crippen LogP contribution in [0.4, 0.5) is 10.8 Å². The molecule has 0 bridgehead atoms. The third-order valence-electron chi connectivity index (χ3n) is 3.98. The van der Waals surface area contributed by atoms with Crippen molar-refractivity contribution >= 4 is 22.2 Å². The molecule has 3 rings (SSSR count). The normalized spacial score (nSPS) is 17.9. The molecule has 2 N–H and O–H groups in total. The molecule has 1 unspecified atom stereocenters. The number of aromatic nitrogens is 1. The number of nitrogens with two attached hydrogens (primary N) is 1. The van der Waals surface area contributed by atoms with Crippen LogP contribution in [-0.4, -0.2) is 12.0 Å². The summed E-state index contributed by atoms with van der Waals surface area (Å²) in [5.74, 6) is 0. The van der Waals surface area contributed by atoms with Crippen LogP contribution in [0.5, 0.6) is 0 Å². The van der Waals surface area contributed by atoms with Gasteiger partial charge in [0.05, 0.1) is 5.69 Å². The molecule has 0 fully saturated rings. The first-order valence-corrected chi connectivity index (χ1v) is 7.94. The maximum atomic E-state index is 6.20. The van der Waals surface area contributed by atoms with Gasteiger partial charge in [-0.3, -0.25) is 0 Å². The van der Waals surface area contributed by atoms with Gasteiger partial charge < -0.3 is 10.6 Å². The zero-order valence-corrected chi connectivity index (χ0v) is 13.1. The van der Waals surface area contributed by atoms with Crippen molar-refractivity contribution in [1.29, 1.82) is 0 Å². The summed E-state index contributed by atoms with van der Waals surface area (Å²) in [7, 11) is 2.09. The van der Waals surface area contributed by atoms with Gasteiger partial charge in [0.15, 0.2) is 5.13 Å². The van der Waals surface area contributed by atoms with Crippen molar-refractivity contribution in [3.8, 4) is 0 Å². The van der Waals surface area contributed by atoms with E-state index < -0.39 is 0 Å². The van der Waals surface area contributed by atoms with Gasteiger partial charge in [0.2, 0.25) is 0 Å². The van der Waals surface area contributed by atoms with Gasteiger partial charge in [-0.25, -0.2) is 4.98 Å². The van der Waals surface area contributed by atoms with Crippen LogP contribution >= 0.6 is 11.3 Å². The maximum Gasteiger partial charge on any atom is 0.190 e. The van der Waals surface area contributed by atoms with Crippen LogP contribution in [0.3, 0.4) is 0 Å². The van der Waals surface area contributed by atoms with E-state index >= 15 is 0 Å². The summed E-state index contributed by atoms with van der Waals surface area (Å²) in [6, 6.07) is 6.71. The lowest BCUT2D eigenvalue weighted by Crippen LogP contribution is -2.15. The average Bonchev–Trinajstić information content (AvgIpc) is 2.83. The van der Waals surface area contributed by atoms with Crippen molar-refractivity contribution in [1.82, 2.24) is 4.98 Å². The molecule has 0 saturated heterocycles. The highest BCUT2D eigenvalue weighted by Crippen LogP contribution is 2.38. The molecule has 3 nitrogen and oxygen atoms in total. The van der Waals surface area contributed by atoms with Crippen molar-refractivity contribution in [2.75, 3.05) is 11.9 Å². The quantitative estimate of drug-likeness (QED) is 0.912. The van der Waals surface area contributed by atoms with Gasteiger partial charge in [0, 0.05) is 23.7 Å². The second-order valence-electron chi connectivity index (χ2n) is 5.66. The third kappa shape index (κ3) is 2.34. The van der Waals surface area contributed by atoms with E-state index in [9.17, 15) is 0 Å². The predicted octanol–water partition coefficient (Wildman–Crippen LogP) is 3.86. The van der Waals surface area contributed by atoms with Crippen LogP contribution in [0.2, 0.25) is 0 Å². The Bertz CT molecular complexity index is 633. The Kier molecular flexibility index (Phi) is 3.52. The fourth-order valence-corrected chi connectivity index (χ4v) is 3.99. The highest BCUT2D eigenvalue weighted by Gasteiger charge is 2.23. The molecule has 1 heterocycles. The van der Waals surface area contributed by atoms with Gasteiger partial charge in [-0.1, -0.05) is 29.0 Å². The summed E-state index contributed by atoms with van der Waals surface area (Å²) < 4.78 is 0. The van der Waals surface area contributed by atoms with Crippen LogP contribution < -0.4 is 10.6 Å². The first kappa shape index (κ1) is 13.6. The minimum absolute atomic E-state index is 0.178. The first-order valence-electron chi connectivity index (χ1n) is 7.12. The molecule has 1 atom stereocenters. The number of fused-ring (bicyclic) bond motifs is 1. The smallest absolute Gasteiger partial charge is 0.190 e. The number of rotatable bonds is 2. The molecule has 0 aliphatic heterocycles. The Morgan fingerprint density at radius 3 is 2.85 bits per heavy atom. The van der Waals surface area contributed by atoms with Crippen molar-refractivity contribution in [3.63, 3.8) is 0 Å². The molecule has 0 radical (unpaired) electrons. The molecule has 2 aromatic rings. The minimum Gasteiger partial charge on any atom is -0.323 e. The van der Waals surface area contributed by atoms with E-state index in [2.05, 4.69) is 44.0 Å². The lowest BCUT2D eigenvalue weighted by molar-refractivity contribution is 0.573. The molecule has 1 aliphatic carbocycles. The van der Waals surface area contributed by atoms with Gasteiger partial charge >= 0.3 is 0 Å². The van der Waals surface area contributed by atoms with E-state index in [1.165, 1.54) is 27.4 Å². The molecule has 4 heteroatoms.